The Balaban J connectivity index is 1.50. The molecule has 0 bridgehead atoms. The van der Waals surface area contributed by atoms with Crippen LogP contribution in [0.5, 0.6) is 5.75 Å². The van der Waals surface area contributed by atoms with E-state index >= 15 is 0 Å². The van der Waals surface area contributed by atoms with Crippen LogP contribution in [0.3, 0.4) is 0 Å². The summed E-state index contributed by atoms with van der Waals surface area (Å²) in [6.07, 6.45) is 2.38. The molecule has 1 aliphatic heterocycles. The van der Waals surface area contributed by atoms with Gasteiger partial charge in [0.25, 0.3) is 11.7 Å². The maximum Gasteiger partial charge on any atom is 0.296 e. The van der Waals surface area contributed by atoms with E-state index in [0.29, 0.717) is 29.2 Å². The number of Topliss-reactive ketones (excluding diaryl/α,β-unsaturated/α-hetero) is 1. The van der Waals surface area contributed by atoms with E-state index in [2.05, 4.69) is 0 Å². The summed E-state index contributed by atoms with van der Waals surface area (Å²) in [6.45, 7) is 2.56. The molecule has 3 aromatic carbocycles. The number of rotatable bonds is 8. The first-order valence-corrected chi connectivity index (χ1v) is 12.2. The molecule has 4 aromatic rings. The number of furan rings is 1. The summed E-state index contributed by atoms with van der Waals surface area (Å²) >= 11 is 0. The summed E-state index contributed by atoms with van der Waals surface area (Å²) in [7, 11) is 0. The van der Waals surface area contributed by atoms with Gasteiger partial charge in [0.05, 0.1) is 24.4 Å². The molecule has 1 saturated heterocycles. The average molecular weight is 494 g/mol. The van der Waals surface area contributed by atoms with E-state index in [1.54, 1.807) is 36.4 Å². The number of benzene rings is 3. The molecule has 5 rings (SSSR count). The Hall–Kier alpha value is -4.58. The molecule has 1 aromatic heterocycles. The molecule has 0 aliphatic carbocycles. The highest BCUT2D eigenvalue weighted by molar-refractivity contribution is 6.46. The fourth-order valence-electron chi connectivity index (χ4n) is 4.50. The number of carbonyl (C=O) groups is 2. The van der Waals surface area contributed by atoms with Gasteiger partial charge in [-0.05, 0) is 47.4 Å². The number of nitrogens with zero attached hydrogens (tertiary/aromatic N) is 1. The van der Waals surface area contributed by atoms with Crippen molar-refractivity contribution in [2.75, 3.05) is 0 Å². The first-order chi connectivity index (χ1) is 18.0. The highest BCUT2D eigenvalue weighted by atomic mass is 16.5. The molecule has 0 spiro atoms. The zero-order valence-electron chi connectivity index (χ0n) is 20.5. The van der Waals surface area contributed by atoms with Crippen LogP contribution in [0, 0.1) is 0 Å². The third-order valence-corrected chi connectivity index (χ3v) is 6.53. The lowest BCUT2D eigenvalue weighted by atomic mass is 9.95. The summed E-state index contributed by atoms with van der Waals surface area (Å²) in [5.74, 6) is -0.402. The number of ether oxygens (including phenoxy) is 1. The smallest absolute Gasteiger partial charge is 0.296 e. The average Bonchev–Trinajstić information content (AvgIpc) is 3.55. The summed E-state index contributed by atoms with van der Waals surface area (Å²) in [4.78, 5) is 27.8. The molecule has 1 amide bonds. The van der Waals surface area contributed by atoms with E-state index in [-0.39, 0.29) is 17.9 Å². The fourth-order valence-corrected chi connectivity index (χ4v) is 4.50. The standard InChI is InChI=1S/C31H27NO5/c1-2-21-10-12-24(13-11-21)29(33)27-28(32(31(35)30(27)34)19-26-9-6-18-36-26)23-14-16-25(17-15-23)37-20-22-7-4-3-5-8-22/h3-18,28,33H,2,19-20H2,1H3/b29-27-. The van der Waals surface area contributed by atoms with Crippen molar-refractivity contribution in [2.24, 2.45) is 0 Å². The lowest BCUT2D eigenvalue weighted by molar-refractivity contribution is -0.140. The van der Waals surface area contributed by atoms with Crippen molar-refractivity contribution < 1.29 is 23.8 Å². The third-order valence-electron chi connectivity index (χ3n) is 6.53. The van der Waals surface area contributed by atoms with Gasteiger partial charge in [0, 0.05) is 5.56 Å². The zero-order valence-corrected chi connectivity index (χ0v) is 20.5. The van der Waals surface area contributed by atoms with Crippen LogP contribution < -0.4 is 4.74 Å². The van der Waals surface area contributed by atoms with Crippen LogP contribution in [0.25, 0.3) is 5.76 Å². The third kappa shape index (κ3) is 5.05. The molecule has 2 heterocycles. The lowest BCUT2D eigenvalue weighted by Gasteiger charge is -2.24. The van der Waals surface area contributed by atoms with Gasteiger partial charge in [-0.1, -0.05) is 73.7 Å². The number of carbonyl (C=O) groups excluding carboxylic acids is 2. The Kier molecular flexibility index (Phi) is 6.90. The molecule has 0 saturated carbocycles. The van der Waals surface area contributed by atoms with Crippen LogP contribution in [0.2, 0.25) is 0 Å². The molecule has 1 N–H and O–H groups in total. The second kappa shape index (κ2) is 10.6. The van der Waals surface area contributed by atoms with Gasteiger partial charge >= 0.3 is 0 Å². The van der Waals surface area contributed by atoms with E-state index in [0.717, 1.165) is 17.5 Å². The largest absolute Gasteiger partial charge is 0.507 e. The molecule has 1 atom stereocenters. The van der Waals surface area contributed by atoms with E-state index in [9.17, 15) is 14.7 Å². The zero-order chi connectivity index (χ0) is 25.8. The summed E-state index contributed by atoms with van der Waals surface area (Å²) in [6, 6.07) is 27.2. The van der Waals surface area contributed by atoms with Crippen LogP contribution in [0.15, 0.2) is 107 Å². The van der Waals surface area contributed by atoms with Gasteiger partial charge in [-0.25, -0.2) is 0 Å². The minimum atomic E-state index is -0.779. The fraction of sp³-hybridized carbons (Fsp3) is 0.161. The number of ketones is 1. The summed E-state index contributed by atoms with van der Waals surface area (Å²) in [5.41, 5.74) is 3.38. The van der Waals surface area contributed by atoms with Crippen LogP contribution in [0.4, 0.5) is 0 Å². The SMILES string of the molecule is CCc1ccc(/C(O)=C2/C(=O)C(=O)N(Cc3ccco3)C2c2ccc(OCc3ccccc3)cc2)cc1. The number of aryl methyl sites for hydroxylation is 1. The molecule has 186 valence electrons. The Morgan fingerprint density at radius 1 is 0.892 bits per heavy atom. The molecule has 6 nitrogen and oxygen atoms in total. The Bertz CT molecular complexity index is 1400. The van der Waals surface area contributed by atoms with Crippen molar-refractivity contribution >= 4 is 17.4 Å². The molecule has 1 unspecified atom stereocenters. The van der Waals surface area contributed by atoms with Crippen LogP contribution in [-0.4, -0.2) is 21.7 Å². The quantitative estimate of drug-likeness (QED) is 0.184. The first-order valence-electron chi connectivity index (χ1n) is 12.2. The number of aliphatic hydroxyl groups is 1. The van der Waals surface area contributed by atoms with E-state index in [1.165, 1.54) is 11.2 Å². The predicted octanol–water partition coefficient (Wildman–Crippen LogP) is 6.04. The number of amides is 1. The van der Waals surface area contributed by atoms with Gasteiger partial charge in [0.2, 0.25) is 0 Å². The van der Waals surface area contributed by atoms with E-state index in [1.807, 2.05) is 61.5 Å². The van der Waals surface area contributed by atoms with Crippen molar-refractivity contribution in [3.05, 3.63) is 131 Å². The van der Waals surface area contributed by atoms with Crippen molar-refractivity contribution in [3.8, 4) is 5.75 Å². The predicted molar refractivity (Wildman–Crippen MR) is 140 cm³/mol. The molecule has 0 radical (unpaired) electrons. The van der Waals surface area contributed by atoms with Gasteiger partial charge in [-0.15, -0.1) is 0 Å². The Labute approximate surface area is 215 Å². The lowest BCUT2D eigenvalue weighted by Crippen LogP contribution is -2.29. The van der Waals surface area contributed by atoms with Crippen LogP contribution >= 0.6 is 0 Å². The van der Waals surface area contributed by atoms with Gasteiger partial charge < -0.3 is 19.2 Å². The van der Waals surface area contributed by atoms with Gasteiger partial charge in [-0.2, -0.15) is 0 Å². The highest BCUT2D eigenvalue weighted by Crippen LogP contribution is 2.40. The normalized spacial score (nSPS) is 16.8. The van der Waals surface area contributed by atoms with E-state index < -0.39 is 17.7 Å². The second-order valence-electron chi connectivity index (χ2n) is 8.90. The molecule has 1 fully saturated rings. The van der Waals surface area contributed by atoms with Gasteiger partial charge in [-0.3, -0.25) is 9.59 Å². The maximum absolute atomic E-state index is 13.2. The Morgan fingerprint density at radius 2 is 1.62 bits per heavy atom. The second-order valence-corrected chi connectivity index (χ2v) is 8.90. The molecular weight excluding hydrogens is 466 g/mol. The van der Waals surface area contributed by atoms with Gasteiger partial charge in [0.15, 0.2) is 0 Å². The van der Waals surface area contributed by atoms with Crippen LogP contribution in [0.1, 0.15) is 41.0 Å². The highest BCUT2D eigenvalue weighted by Gasteiger charge is 2.46. The number of hydrogen-bond donors (Lipinski definition) is 1. The number of hydrogen-bond acceptors (Lipinski definition) is 5. The molecule has 6 heteroatoms. The number of likely N-dealkylation sites (tertiary alicyclic amines) is 1. The first kappa shape index (κ1) is 24.1. The number of aliphatic hydroxyl groups excluding tert-OH is 1. The summed E-state index contributed by atoms with van der Waals surface area (Å²) in [5, 5.41) is 11.2. The monoisotopic (exact) mass is 493 g/mol. The maximum atomic E-state index is 13.2. The van der Waals surface area contributed by atoms with Crippen molar-refractivity contribution in [1.29, 1.82) is 0 Å². The minimum absolute atomic E-state index is 0.0544. The Morgan fingerprint density at radius 3 is 2.27 bits per heavy atom. The van der Waals surface area contributed by atoms with E-state index in [4.69, 9.17) is 9.15 Å². The minimum Gasteiger partial charge on any atom is -0.507 e. The van der Waals surface area contributed by atoms with Crippen molar-refractivity contribution in [1.82, 2.24) is 4.90 Å². The van der Waals surface area contributed by atoms with Gasteiger partial charge in [0.1, 0.15) is 23.9 Å². The van der Waals surface area contributed by atoms with Crippen molar-refractivity contribution in [3.63, 3.8) is 0 Å². The summed E-state index contributed by atoms with van der Waals surface area (Å²) < 4.78 is 11.4. The topological polar surface area (TPSA) is 80.0 Å². The van der Waals surface area contributed by atoms with Crippen molar-refractivity contribution in [2.45, 2.75) is 32.5 Å². The molecular formula is C31H27NO5. The molecule has 1 aliphatic rings. The van der Waals surface area contributed by atoms with Crippen LogP contribution in [-0.2, 0) is 29.2 Å². The molecule has 37 heavy (non-hydrogen) atoms.